The van der Waals surface area contributed by atoms with E-state index in [2.05, 4.69) is 0 Å². The van der Waals surface area contributed by atoms with Gasteiger partial charge in [-0.1, -0.05) is 43.7 Å². The molecule has 6 heteroatoms. The third kappa shape index (κ3) is 3.18. The van der Waals surface area contributed by atoms with E-state index < -0.39 is 34.8 Å². The largest absolute Gasteiger partial charge is 0.454 e. The third-order valence-corrected chi connectivity index (χ3v) is 9.21. The number of esters is 1. The number of ether oxygens (including phenoxy) is 1. The summed E-state index contributed by atoms with van der Waals surface area (Å²) in [7, 11) is 0. The Morgan fingerprint density at radius 3 is 2.59 bits per heavy atom. The SMILES string of the molecule is C[C@]12C=CC(=O)C=C1CC[C@@H]1[C@H]2C(=O)C[C@@]2(C)[C@H]1CC[C@]2(O)C(=O)COC(=O)c1ccccc1. The van der Waals surface area contributed by atoms with Crippen LogP contribution in [-0.2, 0) is 19.1 Å². The highest BCUT2D eigenvalue weighted by Gasteiger charge is 2.68. The zero-order valence-electron chi connectivity index (χ0n) is 19.6. The highest BCUT2D eigenvalue weighted by Crippen LogP contribution is 2.66. The molecule has 0 saturated heterocycles. The maximum Gasteiger partial charge on any atom is 0.338 e. The minimum atomic E-state index is -1.72. The molecule has 0 radical (unpaired) electrons. The second kappa shape index (κ2) is 7.84. The summed E-state index contributed by atoms with van der Waals surface area (Å²) in [6.07, 6.45) is 7.59. The second-order valence-electron chi connectivity index (χ2n) is 10.8. The van der Waals surface area contributed by atoms with E-state index in [1.165, 1.54) is 0 Å². The fraction of sp³-hybridized carbons (Fsp3) is 0.500. The molecule has 0 bridgehead atoms. The molecule has 6 nitrogen and oxygen atoms in total. The highest BCUT2D eigenvalue weighted by molar-refractivity contribution is 6.02. The molecule has 6 atom stereocenters. The molecule has 34 heavy (non-hydrogen) atoms. The first kappa shape index (κ1) is 22.9. The minimum Gasteiger partial charge on any atom is -0.454 e. The van der Waals surface area contributed by atoms with E-state index >= 15 is 0 Å². The minimum absolute atomic E-state index is 0.00150. The van der Waals surface area contributed by atoms with Crippen molar-refractivity contribution in [2.45, 2.75) is 51.6 Å². The quantitative estimate of drug-likeness (QED) is 0.687. The molecule has 4 aliphatic rings. The Labute approximate surface area is 199 Å². The van der Waals surface area contributed by atoms with Gasteiger partial charge < -0.3 is 9.84 Å². The van der Waals surface area contributed by atoms with Gasteiger partial charge in [-0.05, 0) is 61.8 Å². The Balaban J connectivity index is 1.38. The molecule has 1 N–H and O–H groups in total. The van der Waals surface area contributed by atoms with E-state index in [4.69, 9.17) is 4.74 Å². The fourth-order valence-corrected chi connectivity index (χ4v) is 7.40. The normalized spacial score (nSPS) is 38.4. The predicted molar refractivity (Wildman–Crippen MR) is 124 cm³/mol. The second-order valence-corrected chi connectivity index (χ2v) is 10.8. The number of rotatable bonds is 4. The lowest BCUT2D eigenvalue weighted by Gasteiger charge is -2.56. The standard InChI is InChI=1S/C28H30O6/c1-26-12-10-19(29)14-18(26)8-9-20-21-11-13-28(33,27(21,2)15-22(30)24(20)26)23(31)16-34-25(32)17-6-4-3-5-7-17/h3-7,10,12,14,20-21,24,33H,8-9,11,13,15-16H2,1-2H3/t20-,21-,24-,26-,27-,28-/m0/s1. The summed E-state index contributed by atoms with van der Waals surface area (Å²) in [5.41, 5.74) is -1.77. The number of ketones is 3. The molecule has 5 rings (SSSR count). The van der Waals surface area contributed by atoms with Crippen molar-refractivity contribution in [2.24, 2.45) is 28.6 Å². The summed E-state index contributed by atoms with van der Waals surface area (Å²) in [4.78, 5) is 51.1. The Hall–Kier alpha value is -2.86. The van der Waals surface area contributed by atoms with Gasteiger partial charge in [0.2, 0.25) is 5.78 Å². The molecular weight excluding hydrogens is 432 g/mol. The van der Waals surface area contributed by atoms with Gasteiger partial charge in [-0.3, -0.25) is 14.4 Å². The number of Topliss-reactive ketones (excluding diaryl/α,β-unsaturated/α-hetero) is 2. The van der Waals surface area contributed by atoms with Crippen LogP contribution in [0.4, 0.5) is 0 Å². The molecule has 0 aromatic heterocycles. The van der Waals surface area contributed by atoms with Gasteiger partial charge in [0.25, 0.3) is 0 Å². The number of carbonyl (C=O) groups is 4. The van der Waals surface area contributed by atoms with Crippen molar-refractivity contribution < 1.29 is 29.0 Å². The maximum atomic E-state index is 13.6. The average molecular weight is 463 g/mol. The summed E-state index contributed by atoms with van der Waals surface area (Å²) in [5.74, 6) is -1.40. The van der Waals surface area contributed by atoms with Gasteiger partial charge in [-0.25, -0.2) is 4.79 Å². The first-order chi connectivity index (χ1) is 16.1. The van der Waals surface area contributed by atoms with Crippen molar-refractivity contribution >= 4 is 23.3 Å². The van der Waals surface area contributed by atoms with Crippen LogP contribution in [0.2, 0.25) is 0 Å². The summed E-state index contributed by atoms with van der Waals surface area (Å²) in [5, 5.41) is 11.7. The Morgan fingerprint density at radius 1 is 1.12 bits per heavy atom. The molecular formula is C28H30O6. The number of aliphatic hydroxyl groups is 1. The number of allylic oxidation sites excluding steroid dienone is 4. The van der Waals surface area contributed by atoms with Crippen LogP contribution in [0.3, 0.4) is 0 Å². The summed E-state index contributed by atoms with van der Waals surface area (Å²) in [6.45, 7) is 3.36. The van der Waals surface area contributed by atoms with Crippen molar-refractivity contribution in [1.29, 1.82) is 0 Å². The topological polar surface area (TPSA) is 97.7 Å². The first-order valence-electron chi connectivity index (χ1n) is 12.0. The predicted octanol–water partition coefficient (Wildman–Crippen LogP) is 3.63. The first-order valence-corrected chi connectivity index (χ1v) is 12.0. The Morgan fingerprint density at radius 2 is 1.85 bits per heavy atom. The average Bonchev–Trinajstić information content (AvgIpc) is 3.09. The molecule has 3 fully saturated rings. The number of carbonyl (C=O) groups excluding carboxylic acids is 4. The molecule has 0 heterocycles. The number of hydrogen-bond acceptors (Lipinski definition) is 6. The van der Waals surface area contributed by atoms with Crippen LogP contribution < -0.4 is 0 Å². The molecule has 1 aromatic carbocycles. The van der Waals surface area contributed by atoms with Crippen molar-refractivity contribution in [3.8, 4) is 0 Å². The summed E-state index contributed by atoms with van der Waals surface area (Å²) in [6, 6.07) is 8.41. The van der Waals surface area contributed by atoms with Crippen LogP contribution in [-0.4, -0.2) is 40.6 Å². The number of fused-ring (bicyclic) bond motifs is 5. The smallest absolute Gasteiger partial charge is 0.338 e. The Bertz CT molecular complexity index is 1130. The van der Waals surface area contributed by atoms with Crippen LogP contribution in [0.5, 0.6) is 0 Å². The van der Waals surface area contributed by atoms with Gasteiger partial charge in [0.1, 0.15) is 11.4 Å². The third-order valence-electron chi connectivity index (χ3n) is 9.21. The van der Waals surface area contributed by atoms with Crippen LogP contribution >= 0.6 is 0 Å². The van der Waals surface area contributed by atoms with Crippen molar-refractivity contribution in [3.63, 3.8) is 0 Å². The Kier molecular flexibility index (Phi) is 5.28. The van der Waals surface area contributed by atoms with Crippen LogP contribution in [0.1, 0.15) is 56.3 Å². The van der Waals surface area contributed by atoms with Gasteiger partial charge in [0.05, 0.1) is 5.56 Å². The van der Waals surface area contributed by atoms with E-state index in [0.717, 1.165) is 18.4 Å². The molecule has 0 unspecified atom stereocenters. The lowest BCUT2D eigenvalue weighted by molar-refractivity contribution is -0.169. The van der Waals surface area contributed by atoms with E-state index in [1.807, 2.05) is 19.9 Å². The van der Waals surface area contributed by atoms with E-state index in [1.54, 1.807) is 42.5 Å². The number of benzene rings is 1. The molecule has 0 aliphatic heterocycles. The van der Waals surface area contributed by atoms with E-state index in [9.17, 15) is 24.3 Å². The van der Waals surface area contributed by atoms with Crippen molar-refractivity contribution in [1.82, 2.24) is 0 Å². The summed E-state index contributed by atoms with van der Waals surface area (Å²) < 4.78 is 5.24. The van der Waals surface area contributed by atoms with Crippen molar-refractivity contribution in [3.05, 3.63) is 59.7 Å². The monoisotopic (exact) mass is 462 g/mol. The lowest BCUT2D eigenvalue weighted by Crippen LogP contribution is -2.60. The van der Waals surface area contributed by atoms with E-state index in [-0.39, 0.29) is 42.2 Å². The molecule has 178 valence electrons. The molecule has 1 aromatic rings. The van der Waals surface area contributed by atoms with Gasteiger partial charge in [-0.2, -0.15) is 0 Å². The van der Waals surface area contributed by atoms with E-state index in [0.29, 0.717) is 12.0 Å². The van der Waals surface area contributed by atoms with Gasteiger partial charge in [0, 0.05) is 23.2 Å². The van der Waals surface area contributed by atoms with Gasteiger partial charge >= 0.3 is 5.97 Å². The zero-order valence-corrected chi connectivity index (χ0v) is 19.6. The van der Waals surface area contributed by atoms with Gasteiger partial charge in [-0.15, -0.1) is 0 Å². The van der Waals surface area contributed by atoms with Crippen LogP contribution in [0.25, 0.3) is 0 Å². The fourth-order valence-electron chi connectivity index (χ4n) is 7.40. The zero-order chi connectivity index (χ0) is 24.3. The maximum absolute atomic E-state index is 13.6. The molecule has 0 amide bonds. The molecule has 0 spiro atoms. The summed E-state index contributed by atoms with van der Waals surface area (Å²) >= 11 is 0. The van der Waals surface area contributed by atoms with Crippen molar-refractivity contribution in [2.75, 3.05) is 6.61 Å². The molecule has 4 aliphatic carbocycles. The van der Waals surface area contributed by atoms with Gasteiger partial charge in [0.15, 0.2) is 12.4 Å². The molecule has 3 saturated carbocycles. The van der Waals surface area contributed by atoms with Crippen LogP contribution in [0, 0.1) is 28.6 Å². The number of hydrogen-bond donors (Lipinski definition) is 1. The lowest BCUT2D eigenvalue weighted by atomic mass is 9.46. The highest BCUT2D eigenvalue weighted by atomic mass is 16.5. The van der Waals surface area contributed by atoms with Crippen LogP contribution in [0.15, 0.2) is 54.1 Å².